The summed E-state index contributed by atoms with van der Waals surface area (Å²) in [6.07, 6.45) is 5.89. The Morgan fingerprint density at radius 2 is 1.52 bits per heavy atom. The van der Waals surface area contributed by atoms with Crippen LogP contribution in [0, 0.1) is 11.3 Å². The van der Waals surface area contributed by atoms with E-state index in [9.17, 15) is 0 Å². The van der Waals surface area contributed by atoms with E-state index in [2.05, 4.69) is 43.8 Å². The number of hydrogen-bond donors (Lipinski definition) is 0. The summed E-state index contributed by atoms with van der Waals surface area (Å²) in [6.45, 7) is 2.14. The van der Waals surface area contributed by atoms with Gasteiger partial charge in [-0.1, -0.05) is 44.0 Å². The molecule has 2 aromatic heterocycles. The van der Waals surface area contributed by atoms with Gasteiger partial charge in [0.15, 0.2) is 0 Å². The molecule has 0 saturated carbocycles. The highest BCUT2D eigenvalue weighted by Crippen LogP contribution is 2.30. The molecule has 0 fully saturated rings. The summed E-state index contributed by atoms with van der Waals surface area (Å²) in [4.78, 5) is 0. The van der Waals surface area contributed by atoms with Crippen molar-refractivity contribution in [3.63, 3.8) is 0 Å². The van der Waals surface area contributed by atoms with Crippen LogP contribution < -0.4 is 0 Å². The van der Waals surface area contributed by atoms with Crippen LogP contribution in [0.4, 0.5) is 0 Å². The van der Waals surface area contributed by atoms with E-state index in [1.54, 1.807) is 6.20 Å². The van der Waals surface area contributed by atoms with Gasteiger partial charge in [0.05, 0.1) is 12.3 Å². The van der Waals surface area contributed by atoms with Gasteiger partial charge in [0.2, 0.25) is 0 Å². The minimum atomic E-state index is 0.631. The lowest BCUT2D eigenvalue weighted by Gasteiger charge is -2.04. The van der Waals surface area contributed by atoms with Crippen molar-refractivity contribution in [2.45, 2.75) is 32.6 Å². The first kappa shape index (κ1) is 16.6. The third-order valence-electron chi connectivity index (χ3n) is 3.86. The topological polar surface area (TPSA) is 101 Å². The molecule has 25 heavy (non-hydrogen) atoms. The summed E-state index contributed by atoms with van der Waals surface area (Å²) < 4.78 is 0. The zero-order chi connectivity index (χ0) is 17.5. The number of benzene rings is 2. The van der Waals surface area contributed by atoms with Crippen LogP contribution in [0.25, 0.3) is 32.7 Å². The van der Waals surface area contributed by atoms with Crippen LogP contribution >= 0.6 is 0 Å². The Morgan fingerprint density at radius 3 is 2.28 bits per heavy atom. The molecule has 0 radical (unpaired) electrons. The lowest BCUT2D eigenvalue weighted by molar-refractivity contribution is 0.734. The molecule has 7 heteroatoms. The monoisotopic (exact) mass is 331 g/mol. The van der Waals surface area contributed by atoms with Gasteiger partial charge in [-0.05, 0) is 28.3 Å². The SMILES string of the molecule is CCCCCC#N.c1ccc2c(c1)c1ccnnc1c1nnnnc21. The van der Waals surface area contributed by atoms with Crippen molar-refractivity contribution in [3.8, 4) is 6.07 Å². The number of nitriles is 1. The van der Waals surface area contributed by atoms with Crippen molar-refractivity contribution in [2.75, 3.05) is 0 Å². The Labute approximate surface area is 144 Å². The predicted octanol–water partition coefficient (Wildman–Crippen LogP) is 3.61. The molecular weight excluding hydrogens is 314 g/mol. The molecule has 0 amide bonds. The van der Waals surface area contributed by atoms with Crippen molar-refractivity contribution in [1.82, 2.24) is 30.8 Å². The number of aromatic nitrogens is 6. The molecule has 0 unspecified atom stereocenters. The van der Waals surface area contributed by atoms with E-state index in [-0.39, 0.29) is 0 Å². The van der Waals surface area contributed by atoms with Gasteiger partial charge in [0, 0.05) is 17.2 Å². The fourth-order valence-corrected chi connectivity index (χ4v) is 2.67. The average Bonchev–Trinajstić information content (AvgIpc) is 2.69. The van der Waals surface area contributed by atoms with Crippen LogP contribution in [0.15, 0.2) is 36.5 Å². The quantitative estimate of drug-likeness (QED) is 0.417. The molecule has 124 valence electrons. The zero-order valence-corrected chi connectivity index (χ0v) is 13.9. The first-order valence-electron chi connectivity index (χ1n) is 8.21. The summed E-state index contributed by atoms with van der Waals surface area (Å²) >= 11 is 0. The van der Waals surface area contributed by atoms with Crippen LogP contribution in [0.2, 0.25) is 0 Å². The van der Waals surface area contributed by atoms with Gasteiger partial charge in [-0.3, -0.25) is 0 Å². The molecular formula is C18H17N7. The van der Waals surface area contributed by atoms with Gasteiger partial charge in [-0.25, -0.2) is 0 Å². The first-order valence-corrected chi connectivity index (χ1v) is 8.21. The molecule has 4 aromatic rings. The molecule has 0 aliphatic rings. The summed E-state index contributed by atoms with van der Waals surface area (Å²) in [7, 11) is 0. The maximum absolute atomic E-state index is 8.04. The van der Waals surface area contributed by atoms with E-state index < -0.39 is 0 Å². The maximum atomic E-state index is 8.04. The summed E-state index contributed by atoms with van der Waals surface area (Å²) in [5, 5.41) is 34.4. The number of nitrogens with zero attached hydrogens (tertiary/aromatic N) is 7. The van der Waals surface area contributed by atoms with E-state index in [0.717, 1.165) is 29.0 Å². The summed E-state index contributed by atoms with van der Waals surface area (Å²) in [5.41, 5.74) is 2.04. The largest absolute Gasteiger partial charge is 0.198 e. The van der Waals surface area contributed by atoms with Gasteiger partial charge < -0.3 is 0 Å². The smallest absolute Gasteiger partial charge is 0.144 e. The molecule has 2 aromatic carbocycles. The lowest BCUT2D eigenvalue weighted by atomic mass is 10.0. The normalized spacial score (nSPS) is 10.4. The van der Waals surface area contributed by atoms with Crippen LogP contribution in [-0.4, -0.2) is 30.8 Å². The Hall–Kier alpha value is -3.27. The second-order valence-electron chi connectivity index (χ2n) is 5.53. The fourth-order valence-electron chi connectivity index (χ4n) is 2.67. The minimum Gasteiger partial charge on any atom is -0.198 e. The molecule has 0 N–H and O–H groups in total. The maximum Gasteiger partial charge on any atom is 0.144 e. The van der Waals surface area contributed by atoms with Crippen LogP contribution in [0.1, 0.15) is 32.6 Å². The number of rotatable bonds is 3. The van der Waals surface area contributed by atoms with Crippen LogP contribution in [0.3, 0.4) is 0 Å². The Kier molecular flexibility index (Phi) is 5.32. The van der Waals surface area contributed by atoms with E-state index >= 15 is 0 Å². The third kappa shape index (κ3) is 3.48. The molecule has 7 nitrogen and oxygen atoms in total. The number of unbranched alkanes of at least 4 members (excludes halogenated alkanes) is 3. The first-order chi connectivity index (χ1) is 12.4. The molecule has 0 aliphatic heterocycles. The highest BCUT2D eigenvalue weighted by Gasteiger charge is 2.11. The fraction of sp³-hybridized carbons (Fsp3) is 0.278. The third-order valence-corrected chi connectivity index (χ3v) is 3.86. The van der Waals surface area contributed by atoms with Crippen molar-refractivity contribution < 1.29 is 0 Å². The molecule has 0 saturated heterocycles. The van der Waals surface area contributed by atoms with Crippen molar-refractivity contribution in [2.24, 2.45) is 0 Å². The highest BCUT2D eigenvalue weighted by molar-refractivity contribution is 6.21. The molecule has 0 aliphatic carbocycles. The Morgan fingerprint density at radius 1 is 0.840 bits per heavy atom. The minimum absolute atomic E-state index is 0.631. The molecule has 0 spiro atoms. The van der Waals surface area contributed by atoms with Gasteiger partial charge in [0.1, 0.15) is 16.6 Å². The number of hydrogen-bond acceptors (Lipinski definition) is 7. The molecule has 2 heterocycles. The van der Waals surface area contributed by atoms with Crippen molar-refractivity contribution in [1.29, 1.82) is 5.26 Å². The van der Waals surface area contributed by atoms with E-state index in [4.69, 9.17) is 5.26 Å². The summed E-state index contributed by atoms with van der Waals surface area (Å²) in [6, 6.07) is 12.0. The second-order valence-corrected chi connectivity index (χ2v) is 5.53. The van der Waals surface area contributed by atoms with Gasteiger partial charge in [-0.2, -0.15) is 10.4 Å². The molecule has 0 atom stereocenters. The highest BCUT2D eigenvalue weighted by atomic mass is 15.4. The van der Waals surface area contributed by atoms with Crippen molar-refractivity contribution in [3.05, 3.63) is 36.5 Å². The summed E-state index contributed by atoms with van der Waals surface area (Å²) in [5.74, 6) is 0. The van der Waals surface area contributed by atoms with Gasteiger partial charge in [-0.15, -0.1) is 15.3 Å². The van der Waals surface area contributed by atoms with E-state index in [1.165, 1.54) is 12.8 Å². The second kappa shape index (κ2) is 8.02. The Bertz CT molecular complexity index is 819. The zero-order valence-electron chi connectivity index (χ0n) is 13.9. The number of fused-ring (bicyclic) bond motifs is 6. The standard InChI is InChI=1S/C12H6N6.C6H11N/c1-2-4-8-7(3-1)9-5-6-13-14-10(9)12-11(8)15-17-18-16-12;1-2-3-4-5-6-7/h1-6H;2-5H2,1H3. The van der Waals surface area contributed by atoms with Gasteiger partial charge >= 0.3 is 0 Å². The van der Waals surface area contributed by atoms with Gasteiger partial charge in [0.25, 0.3) is 0 Å². The van der Waals surface area contributed by atoms with E-state index in [0.29, 0.717) is 16.6 Å². The molecule has 0 bridgehead atoms. The van der Waals surface area contributed by atoms with Crippen LogP contribution in [-0.2, 0) is 0 Å². The predicted molar refractivity (Wildman–Crippen MR) is 95.5 cm³/mol. The van der Waals surface area contributed by atoms with Crippen LogP contribution in [0.5, 0.6) is 0 Å². The average molecular weight is 331 g/mol. The molecule has 4 rings (SSSR count). The Balaban J connectivity index is 0.000000225. The van der Waals surface area contributed by atoms with Crippen molar-refractivity contribution >= 4 is 32.7 Å². The lowest BCUT2D eigenvalue weighted by Crippen LogP contribution is -1.96. The van der Waals surface area contributed by atoms with E-state index in [1.807, 2.05) is 30.3 Å².